The number of fused-ring (bicyclic) bond motifs is 1. The van der Waals surface area contributed by atoms with Crippen LogP contribution >= 0.6 is 23.1 Å². The van der Waals surface area contributed by atoms with Gasteiger partial charge in [-0.15, -0.1) is 23.1 Å². The van der Waals surface area contributed by atoms with Gasteiger partial charge in [-0.1, -0.05) is 24.3 Å². The van der Waals surface area contributed by atoms with Gasteiger partial charge >= 0.3 is 5.97 Å². The average molecular weight is 290 g/mol. The molecule has 0 atom stereocenters. The number of thioether (sulfide) groups is 1. The van der Waals surface area contributed by atoms with E-state index >= 15 is 0 Å². The zero-order valence-electron chi connectivity index (χ0n) is 9.83. The normalized spacial score (nSPS) is 10.9. The van der Waals surface area contributed by atoms with E-state index in [4.69, 9.17) is 4.42 Å². The zero-order chi connectivity index (χ0) is 13.2. The molecule has 0 bridgehead atoms. The molecule has 0 radical (unpaired) electrons. The number of rotatable bonds is 4. The van der Waals surface area contributed by atoms with Crippen LogP contribution in [0.2, 0.25) is 0 Å². The van der Waals surface area contributed by atoms with Crippen LogP contribution in [0, 0.1) is 0 Å². The summed E-state index contributed by atoms with van der Waals surface area (Å²) in [6, 6.07) is 11.2. The van der Waals surface area contributed by atoms with Crippen molar-refractivity contribution in [2.24, 2.45) is 0 Å². The van der Waals surface area contributed by atoms with E-state index in [0.29, 0.717) is 22.5 Å². The van der Waals surface area contributed by atoms with E-state index in [1.54, 1.807) is 35.2 Å². The predicted molar refractivity (Wildman–Crippen MR) is 77.1 cm³/mol. The minimum atomic E-state index is -0.938. The largest absolute Gasteiger partial charge is 0.478 e. The molecule has 2 heterocycles. The number of thiophene rings is 1. The average Bonchev–Trinajstić information content (AvgIpc) is 3.03. The SMILES string of the molecule is O=C(O)c1c(CSc2cccs2)oc2ccccc12. The van der Waals surface area contributed by atoms with Gasteiger partial charge in [-0.25, -0.2) is 4.79 Å². The van der Waals surface area contributed by atoms with Gasteiger partial charge in [0.05, 0.1) is 9.96 Å². The summed E-state index contributed by atoms with van der Waals surface area (Å²) in [5, 5.41) is 12.0. The Labute approximate surface area is 117 Å². The Hall–Kier alpha value is -1.72. The van der Waals surface area contributed by atoms with Crippen molar-refractivity contribution in [2.75, 3.05) is 0 Å². The lowest BCUT2D eigenvalue weighted by molar-refractivity contribution is 0.0697. The van der Waals surface area contributed by atoms with Crippen molar-refractivity contribution >= 4 is 40.0 Å². The van der Waals surface area contributed by atoms with Gasteiger partial charge in [0.15, 0.2) is 0 Å². The second kappa shape index (κ2) is 5.11. The molecule has 0 spiro atoms. The fraction of sp³-hybridized carbons (Fsp3) is 0.0714. The number of hydrogen-bond acceptors (Lipinski definition) is 4. The van der Waals surface area contributed by atoms with E-state index in [2.05, 4.69) is 0 Å². The number of aromatic carboxylic acids is 1. The fourth-order valence-electron chi connectivity index (χ4n) is 1.91. The molecule has 3 rings (SSSR count). The Kier molecular flexibility index (Phi) is 3.31. The van der Waals surface area contributed by atoms with Gasteiger partial charge in [-0.05, 0) is 17.5 Å². The third-order valence-corrected chi connectivity index (χ3v) is 4.85. The van der Waals surface area contributed by atoms with Crippen molar-refractivity contribution in [3.8, 4) is 0 Å². The third kappa shape index (κ3) is 2.39. The van der Waals surface area contributed by atoms with Crippen molar-refractivity contribution in [3.05, 3.63) is 53.1 Å². The number of carbonyl (C=O) groups is 1. The van der Waals surface area contributed by atoms with Crippen molar-refractivity contribution < 1.29 is 14.3 Å². The molecule has 3 aromatic rings. The van der Waals surface area contributed by atoms with E-state index in [9.17, 15) is 9.90 Å². The molecule has 0 aliphatic rings. The highest BCUT2D eigenvalue weighted by Gasteiger charge is 2.19. The molecule has 19 heavy (non-hydrogen) atoms. The molecule has 1 N–H and O–H groups in total. The van der Waals surface area contributed by atoms with Gasteiger partial charge in [0.2, 0.25) is 0 Å². The van der Waals surface area contributed by atoms with Crippen LogP contribution < -0.4 is 0 Å². The van der Waals surface area contributed by atoms with Crippen LogP contribution in [0.3, 0.4) is 0 Å². The van der Waals surface area contributed by atoms with E-state index in [0.717, 1.165) is 4.21 Å². The summed E-state index contributed by atoms with van der Waals surface area (Å²) >= 11 is 3.23. The van der Waals surface area contributed by atoms with E-state index in [-0.39, 0.29) is 5.56 Å². The molecule has 0 saturated carbocycles. The molecule has 0 aliphatic heterocycles. The lowest BCUT2D eigenvalue weighted by Crippen LogP contribution is -1.98. The van der Waals surface area contributed by atoms with Gasteiger partial charge in [0.25, 0.3) is 0 Å². The van der Waals surface area contributed by atoms with E-state index < -0.39 is 5.97 Å². The Bertz CT molecular complexity index is 713. The Balaban J connectivity index is 1.98. The zero-order valence-corrected chi connectivity index (χ0v) is 11.5. The lowest BCUT2D eigenvalue weighted by atomic mass is 10.1. The third-order valence-electron chi connectivity index (χ3n) is 2.72. The second-order valence-corrected chi connectivity index (χ2v) is 6.15. The minimum Gasteiger partial charge on any atom is -0.478 e. The first kappa shape index (κ1) is 12.3. The van der Waals surface area contributed by atoms with Crippen molar-refractivity contribution in [2.45, 2.75) is 9.96 Å². The molecular weight excluding hydrogens is 280 g/mol. The highest BCUT2D eigenvalue weighted by atomic mass is 32.2. The molecule has 5 heteroatoms. The quantitative estimate of drug-likeness (QED) is 0.719. The highest BCUT2D eigenvalue weighted by Crippen LogP contribution is 2.32. The summed E-state index contributed by atoms with van der Waals surface area (Å²) in [6.45, 7) is 0. The summed E-state index contributed by atoms with van der Waals surface area (Å²) in [7, 11) is 0. The first-order chi connectivity index (χ1) is 9.25. The summed E-state index contributed by atoms with van der Waals surface area (Å²) in [5.41, 5.74) is 0.904. The second-order valence-electron chi connectivity index (χ2n) is 3.92. The Morgan fingerprint density at radius 3 is 2.84 bits per heavy atom. The molecule has 1 aromatic carbocycles. The first-order valence-electron chi connectivity index (χ1n) is 5.65. The maximum atomic E-state index is 11.4. The van der Waals surface area contributed by atoms with Crippen LogP contribution in [0.4, 0.5) is 0 Å². The van der Waals surface area contributed by atoms with Crippen LogP contribution in [0.5, 0.6) is 0 Å². The number of para-hydroxylation sites is 1. The summed E-state index contributed by atoms with van der Waals surface area (Å²) in [4.78, 5) is 11.4. The molecule has 96 valence electrons. The van der Waals surface area contributed by atoms with Crippen LogP contribution in [-0.4, -0.2) is 11.1 Å². The first-order valence-corrected chi connectivity index (χ1v) is 7.52. The molecule has 0 fully saturated rings. The molecule has 3 nitrogen and oxygen atoms in total. The maximum absolute atomic E-state index is 11.4. The van der Waals surface area contributed by atoms with Crippen LogP contribution in [0.15, 0.2) is 50.4 Å². The highest BCUT2D eigenvalue weighted by molar-refractivity contribution is 8.00. The van der Waals surface area contributed by atoms with E-state index in [1.165, 1.54) is 0 Å². The summed E-state index contributed by atoms with van der Waals surface area (Å²) < 4.78 is 6.81. The Morgan fingerprint density at radius 1 is 1.26 bits per heavy atom. The molecular formula is C14H10O3S2. The minimum absolute atomic E-state index is 0.277. The summed E-state index contributed by atoms with van der Waals surface area (Å²) in [6.07, 6.45) is 0. The van der Waals surface area contributed by atoms with Gasteiger partial charge in [-0.3, -0.25) is 0 Å². The molecule has 0 saturated heterocycles. The monoisotopic (exact) mass is 290 g/mol. The topological polar surface area (TPSA) is 50.4 Å². The fourth-order valence-corrected chi connectivity index (χ4v) is 3.63. The molecule has 0 aliphatic carbocycles. The Morgan fingerprint density at radius 2 is 2.11 bits per heavy atom. The van der Waals surface area contributed by atoms with Crippen LogP contribution in [0.25, 0.3) is 11.0 Å². The smallest absolute Gasteiger partial charge is 0.339 e. The van der Waals surface area contributed by atoms with Gasteiger partial charge in [-0.2, -0.15) is 0 Å². The van der Waals surface area contributed by atoms with Gasteiger partial charge in [0, 0.05) is 5.39 Å². The molecule has 2 aromatic heterocycles. The molecule has 0 amide bonds. The summed E-state index contributed by atoms with van der Waals surface area (Å²) in [5.74, 6) is 0.107. The lowest BCUT2D eigenvalue weighted by Gasteiger charge is -1.97. The van der Waals surface area contributed by atoms with Crippen LogP contribution in [0.1, 0.15) is 16.1 Å². The number of hydrogen-bond donors (Lipinski definition) is 1. The van der Waals surface area contributed by atoms with Crippen molar-refractivity contribution in [3.63, 3.8) is 0 Å². The number of carboxylic acids is 1. The van der Waals surface area contributed by atoms with Crippen molar-refractivity contribution in [1.82, 2.24) is 0 Å². The van der Waals surface area contributed by atoms with Crippen molar-refractivity contribution in [1.29, 1.82) is 0 Å². The van der Waals surface area contributed by atoms with Gasteiger partial charge < -0.3 is 9.52 Å². The number of benzene rings is 1. The maximum Gasteiger partial charge on any atom is 0.339 e. The number of carboxylic acid groups (broad SMARTS) is 1. The van der Waals surface area contributed by atoms with Crippen LogP contribution in [-0.2, 0) is 5.75 Å². The van der Waals surface area contributed by atoms with Gasteiger partial charge in [0.1, 0.15) is 16.9 Å². The standard InChI is InChI=1S/C14H10O3S2/c15-14(16)13-9-4-1-2-5-10(9)17-11(13)8-19-12-6-3-7-18-12/h1-7H,8H2,(H,15,16). The number of furan rings is 1. The van der Waals surface area contributed by atoms with E-state index in [1.807, 2.05) is 29.6 Å². The molecule has 0 unspecified atom stereocenters. The predicted octanol–water partition coefficient (Wildman–Crippen LogP) is 4.48.